The van der Waals surface area contributed by atoms with Gasteiger partial charge in [-0.25, -0.2) is 4.79 Å². The largest absolute Gasteiger partial charge is 0.469 e. The maximum Gasteiger partial charge on any atom is 0.416 e. The Bertz CT molecular complexity index is 606. The van der Waals surface area contributed by atoms with Gasteiger partial charge in [-0.3, -0.25) is 4.79 Å². The van der Waals surface area contributed by atoms with Crippen molar-refractivity contribution in [3.05, 3.63) is 34.9 Å². The molecule has 24 heavy (non-hydrogen) atoms. The first-order valence-electron chi connectivity index (χ1n) is 7.15. The predicted octanol–water partition coefficient (Wildman–Crippen LogP) is 3.45. The van der Waals surface area contributed by atoms with Gasteiger partial charge in [0.05, 0.1) is 19.1 Å². The Balaban J connectivity index is 3.08. The van der Waals surface area contributed by atoms with Crippen LogP contribution in [0.3, 0.4) is 0 Å². The third kappa shape index (κ3) is 6.10. The summed E-state index contributed by atoms with van der Waals surface area (Å²) < 4.78 is 49.0. The molecule has 0 aliphatic rings. The molecule has 1 aromatic rings. The van der Waals surface area contributed by atoms with E-state index in [9.17, 15) is 22.8 Å². The van der Waals surface area contributed by atoms with Crippen LogP contribution in [0.15, 0.2) is 18.2 Å². The highest BCUT2D eigenvalue weighted by molar-refractivity contribution is 5.73. The van der Waals surface area contributed by atoms with Gasteiger partial charge in [0.15, 0.2) is 0 Å². The van der Waals surface area contributed by atoms with Crippen molar-refractivity contribution in [1.82, 2.24) is 5.32 Å². The summed E-state index contributed by atoms with van der Waals surface area (Å²) in [6.45, 7) is 4.49. The average Bonchev–Trinajstić information content (AvgIpc) is 2.42. The zero-order valence-corrected chi connectivity index (χ0v) is 13.9. The molecule has 0 atom stereocenters. The molecule has 0 heterocycles. The molecule has 0 aromatic heterocycles. The van der Waals surface area contributed by atoms with Gasteiger partial charge in [0, 0.05) is 6.54 Å². The van der Waals surface area contributed by atoms with Crippen LogP contribution in [-0.2, 0) is 33.4 Å². The van der Waals surface area contributed by atoms with Crippen LogP contribution in [0.2, 0.25) is 0 Å². The third-order valence-corrected chi connectivity index (χ3v) is 2.95. The maximum atomic E-state index is 13.2. The first-order valence-corrected chi connectivity index (χ1v) is 7.15. The van der Waals surface area contributed by atoms with Gasteiger partial charge in [-0.2, -0.15) is 13.2 Å². The molecule has 134 valence electrons. The van der Waals surface area contributed by atoms with E-state index in [0.717, 1.165) is 13.2 Å². The summed E-state index contributed by atoms with van der Waals surface area (Å²) in [7, 11) is 1.15. The first-order chi connectivity index (χ1) is 10.9. The number of esters is 1. The van der Waals surface area contributed by atoms with E-state index < -0.39 is 35.9 Å². The number of amides is 1. The number of nitrogens with one attached hydrogen (secondary N) is 1. The van der Waals surface area contributed by atoms with Crippen molar-refractivity contribution in [2.45, 2.75) is 45.5 Å². The fourth-order valence-corrected chi connectivity index (χ4v) is 1.98. The Morgan fingerprint density at radius 3 is 2.29 bits per heavy atom. The fraction of sp³-hybridized carbons (Fsp3) is 0.500. The minimum absolute atomic E-state index is 0.132. The number of methoxy groups -OCH3 is 1. The second kappa shape index (κ2) is 7.55. The minimum atomic E-state index is -4.61. The van der Waals surface area contributed by atoms with Crippen LogP contribution in [-0.4, -0.2) is 24.8 Å². The lowest BCUT2D eigenvalue weighted by atomic mass is 9.98. The molecule has 8 heteroatoms. The van der Waals surface area contributed by atoms with Crippen LogP contribution >= 0.6 is 0 Å². The van der Waals surface area contributed by atoms with Crippen molar-refractivity contribution >= 4 is 12.1 Å². The molecule has 0 unspecified atom stereocenters. The monoisotopic (exact) mass is 347 g/mol. The summed E-state index contributed by atoms with van der Waals surface area (Å²) in [5, 5.41) is 2.29. The minimum Gasteiger partial charge on any atom is -0.469 e. The van der Waals surface area contributed by atoms with Gasteiger partial charge >= 0.3 is 18.2 Å². The summed E-state index contributed by atoms with van der Waals surface area (Å²) in [5.41, 5.74) is -1.75. The highest BCUT2D eigenvalue weighted by Gasteiger charge is 2.34. The Hall–Kier alpha value is -2.25. The molecule has 0 radical (unpaired) electrons. The van der Waals surface area contributed by atoms with E-state index in [1.807, 2.05) is 0 Å². The molecule has 0 fully saturated rings. The van der Waals surface area contributed by atoms with E-state index in [4.69, 9.17) is 4.74 Å². The zero-order valence-electron chi connectivity index (χ0n) is 13.9. The highest BCUT2D eigenvalue weighted by atomic mass is 19.4. The second-order valence-corrected chi connectivity index (χ2v) is 6.05. The number of alkyl carbamates (subject to hydrolysis) is 1. The first kappa shape index (κ1) is 19.8. The second-order valence-electron chi connectivity index (χ2n) is 6.05. The zero-order chi connectivity index (χ0) is 18.5. The summed E-state index contributed by atoms with van der Waals surface area (Å²) in [4.78, 5) is 23.1. The van der Waals surface area contributed by atoms with Gasteiger partial charge in [0.1, 0.15) is 5.60 Å². The van der Waals surface area contributed by atoms with Crippen LogP contribution in [0.4, 0.5) is 18.0 Å². The number of hydrogen-bond acceptors (Lipinski definition) is 4. The van der Waals surface area contributed by atoms with Crippen molar-refractivity contribution in [3.8, 4) is 0 Å². The molecule has 0 aliphatic heterocycles. The van der Waals surface area contributed by atoms with Gasteiger partial charge in [0.2, 0.25) is 0 Å². The lowest BCUT2D eigenvalue weighted by molar-refractivity contribution is -0.141. The van der Waals surface area contributed by atoms with E-state index in [1.54, 1.807) is 20.8 Å². The smallest absolute Gasteiger partial charge is 0.416 e. The highest BCUT2D eigenvalue weighted by Crippen LogP contribution is 2.33. The Labute approximate surface area is 138 Å². The number of benzene rings is 1. The van der Waals surface area contributed by atoms with Crippen molar-refractivity contribution in [2.24, 2.45) is 0 Å². The van der Waals surface area contributed by atoms with Crippen LogP contribution in [0.5, 0.6) is 0 Å². The van der Waals surface area contributed by atoms with Gasteiger partial charge in [-0.15, -0.1) is 0 Å². The molecule has 1 N–H and O–H groups in total. The predicted molar refractivity (Wildman–Crippen MR) is 80.2 cm³/mol. The van der Waals surface area contributed by atoms with E-state index in [-0.39, 0.29) is 17.5 Å². The summed E-state index contributed by atoms with van der Waals surface area (Å²) in [6, 6.07) is 3.49. The van der Waals surface area contributed by atoms with Gasteiger partial charge in [-0.05, 0) is 38.0 Å². The standard InChI is InChI=1S/C16H20F3NO4/c1-15(2,3)24-14(22)20-9-11-10(8-13(21)23-4)6-5-7-12(11)16(17,18)19/h5-7H,8-9H2,1-4H3,(H,20,22). The molecule has 5 nitrogen and oxygen atoms in total. The van der Waals surface area contributed by atoms with Gasteiger partial charge < -0.3 is 14.8 Å². The van der Waals surface area contributed by atoms with Crippen LogP contribution in [0, 0.1) is 0 Å². The van der Waals surface area contributed by atoms with Gasteiger partial charge in [0.25, 0.3) is 0 Å². The Morgan fingerprint density at radius 2 is 1.79 bits per heavy atom. The number of ether oxygens (including phenoxy) is 2. The molecule has 0 spiro atoms. The maximum absolute atomic E-state index is 13.2. The number of rotatable bonds is 4. The number of alkyl halides is 3. The number of hydrogen-bond donors (Lipinski definition) is 1. The molecular weight excluding hydrogens is 327 g/mol. The van der Waals surface area contributed by atoms with E-state index in [1.165, 1.54) is 12.1 Å². The molecule has 1 aromatic carbocycles. The normalized spacial score (nSPS) is 11.8. The fourth-order valence-electron chi connectivity index (χ4n) is 1.98. The van der Waals surface area contributed by atoms with Crippen LogP contribution < -0.4 is 5.32 Å². The molecule has 1 rings (SSSR count). The number of carbonyl (C=O) groups excluding carboxylic acids is 2. The number of carbonyl (C=O) groups is 2. The quantitative estimate of drug-likeness (QED) is 0.848. The Morgan fingerprint density at radius 1 is 1.17 bits per heavy atom. The van der Waals surface area contributed by atoms with Crippen molar-refractivity contribution < 1.29 is 32.2 Å². The lowest BCUT2D eigenvalue weighted by Gasteiger charge is -2.21. The molecule has 0 saturated carbocycles. The van der Waals surface area contributed by atoms with E-state index in [2.05, 4.69) is 10.1 Å². The molecule has 1 amide bonds. The van der Waals surface area contributed by atoms with Crippen LogP contribution in [0.1, 0.15) is 37.5 Å². The van der Waals surface area contributed by atoms with E-state index in [0.29, 0.717) is 0 Å². The lowest BCUT2D eigenvalue weighted by Crippen LogP contribution is -2.33. The summed E-state index contributed by atoms with van der Waals surface area (Å²) in [5.74, 6) is -0.673. The molecule has 0 aliphatic carbocycles. The van der Waals surface area contributed by atoms with Crippen LogP contribution in [0.25, 0.3) is 0 Å². The third-order valence-electron chi connectivity index (χ3n) is 2.95. The molecular formula is C16H20F3NO4. The summed E-state index contributed by atoms with van der Waals surface area (Å²) >= 11 is 0. The SMILES string of the molecule is COC(=O)Cc1cccc(C(F)(F)F)c1CNC(=O)OC(C)(C)C. The molecule has 0 bridgehead atoms. The van der Waals surface area contributed by atoms with Crippen molar-refractivity contribution in [1.29, 1.82) is 0 Å². The average molecular weight is 347 g/mol. The van der Waals surface area contributed by atoms with Gasteiger partial charge in [-0.1, -0.05) is 12.1 Å². The van der Waals surface area contributed by atoms with E-state index >= 15 is 0 Å². The van der Waals surface area contributed by atoms with Crippen molar-refractivity contribution in [2.75, 3.05) is 7.11 Å². The summed E-state index contributed by atoms with van der Waals surface area (Å²) in [6.07, 6.45) is -5.79. The number of halogens is 3. The molecule has 0 saturated heterocycles. The Kier molecular flexibility index (Phi) is 6.22. The topological polar surface area (TPSA) is 64.6 Å². The van der Waals surface area contributed by atoms with Crippen molar-refractivity contribution in [3.63, 3.8) is 0 Å².